The molecule has 2 aromatic carbocycles. The summed E-state index contributed by atoms with van der Waals surface area (Å²) < 4.78 is 1.73. The van der Waals surface area contributed by atoms with E-state index < -0.39 is 11.4 Å². The number of amides is 1. The number of nitrogens with one attached hydrogen (secondary N) is 1. The Morgan fingerprint density at radius 1 is 0.971 bits per heavy atom. The predicted octanol–water partition coefficient (Wildman–Crippen LogP) is 5.45. The van der Waals surface area contributed by atoms with Gasteiger partial charge in [0.05, 0.1) is 17.6 Å². The molecule has 2 heterocycles. The Morgan fingerprint density at radius 2 is 1.68 bits per heavy atom. The van der Waals surface area contributed by atoms with Crippen LogP contribution in [0.4, 0.5) is 5.69 Å². The van der Waals surface area contributed by atoms with Gasteiger partial charge in [0.25, 0.3) is 0 Å². The number of benzene rings is 2. The molecule has 4 aromatic rings. The lowest BCUT2D eigenvalue weighted by atomic mass is 9.95. The highest BCUT2D eigenvalue weighted by atomic mass is 16.4. The Hall–Kier alpha value is -4.26. The van der Waals surface area contributed by atoms with Crippen molar-refractivity contribution in [2.45, 2.75) is 27.7 Å². The number of carboxylic acid groups (broad SMARTS) is 1. The molecule has 0 fully saturated rings. The average molecular weight is 455 g/mol. The SMILES string of the molecule is Cc1ccc(-c2cn3nc(-c4ccc(C=CC(=O)O)cc4)ccc3n2)cc1NC(=O)C(C)(C)C. The van der Waals surface area contributed by atoms with E-state index >= 15 is 0 Å². The van der Waals surface area contributed by atoms with Crippen molar-refractivity contribution in [3.8, 4) is 22.5 Å². The van der Waals surface area contributed by atoms with Crippen molar-refractivity contribution >= 4 is 29.3 Å². The van der Waals surface area contributed by atoms with Crippen LogP contribution in [-0.4, -0.2) is 31.6 Å². The van der Waals surface area contributed by atoms with E-state index in [4.69, 9.17) is 10.1 Å². The zero-order valence-electron chi connectivity index (χ0n) is 19.5. The van der Waals surface area contributed by atoms with Crippen LogP contribution in [-0.2, 0) is 9.59 Å². The number of nitrogens with zero attached hydrogens (tertiary/aromatic N) is 3. The van der Waals surface area contributed by atoms with Crippen LogP contribution in [0.25, 0.3) is 34.2 Å². The van der Waals surface area contributed by atoms with Gasteiger partial charge in [-0.25, -0.2) is 14.3 Å². The first kappa shape index (κ1) is 22.9. The molecule has 0 aliphatic heterocycles. The molecular formula is C27H26N4O3. The highest BCUT2D eigenvalue weighted by Crippen LogP contribution is 2.27. The molecule has 7 nitrogen and oxygen atoms in total. The minimum absolute atomic E-state index is 0.0430. The molecule has 0 aliphatic rings. The molecule has 2 N–H and O–H groups in total. The van der Waals surface area contributed by atoms with Gasteiger partial charge in [-0.15, -0.1) is 0 Å². The fraction of sp³-hybridized carbons (Fsp3) is 0.185. The summed E-state index contributed by atoms with van der Waals surface area (Å²) in [6.07, 6.45) is 4.52. The van der Waals surface area contributed by atoms with Crippen LogP contribution in [0.15, 0.2) is 66.9 Å². The van der Waals surface area contributed by atoms with Crippen molar-refractivity contribution in [2.75, 3.05) is 5.32 Å². The largest absolute Gasteiger partial charge is 0.478 e. The van der Waals surface area contributed by atoms with E-state index in [1.54, 1.807) is 10.6 Å². The third-order valence-electron chi connectivity index (χ3n) is 5.41. The zero-order valence-corrected chi connectivity index (χ0v) is 19.5. The summed E-state index contributed by atoms with van der Waals surface area (Å²) in [5, 5.41) is 16.5. The molecule has 0 aliphatic carbocycles. The minimum atomic E-state index is -0.982. The summed E-state index contributed by atoms with van der Waals surface area (Å²) in [6, 6.07) is 17.2. The van der Waals surface area contributed by atoms with E-state index in [0.29, 0.717) is 5.65 Å². The molecule has 0 atom stereocenters. The molecule has 0 radical (unpaired) electrons. The number of hydrogen-bond donors (Lipinski definition) is 2. The number of aryl methyl sites for hydroxylation is 1. The normalized spacial score (nSPS) is 11.8. The molecule has 0 saturated heterocycles. The fourth-order valence-electron chi connectivity index (χ4n) is 3.33. The number of fused-ring (bicyclic) bond motifs is 1. The van der Waals surface area contributed by atoms with Gasteiger partial charge in [0.1, 0.15) is 0 Å². The van der Waals surface area contributed by atoms with Crippen molar-refractivity contribution in [1.29, 1.82) is 0 Å². The van der Waals surface area contributed by atoms with Gasteiger partial charge in [0, 0.05) is 28.3 Å². The molecule has 34 heavy (non-hydrogen) atoms. The van der Waals surface area contributed by atoms with Crippen molar-refractivity contribution < 1.29 is 14.7 Å². The first-order valence-electron chi connectivity index (χ1n) is 10.9. The van der Waals surface area contributed by atoms with E-state index in [-0.39, 0.29) is 5.91 Å². The Balaban J connectivity index is 1.62. The fourth-order valence-corrected chi connectivity index (χ4v) is 3.33. The molecule has 1 amide bonds. The zero-order chi connectivity index (χ0) is 24.5. The lowest BCUT2D eigenvalue weighted by molar-refractivity contribution is -0.131. The van der Waals surface area contributed by atoms with Crippen molar-refractivity contribution in [3.05, 3.63) is 78.0 Å². The maximum absolute atomic E-state index is 12.5. The Morgan fingerprint density at radius 3 is 2.35 bits per heavy atom. The Bertz CT molecular complexity index is 1410. The van der Waals surface area contributed by atoms with Gasteiger partial charge in [-0.2, -0.15) is 5.10 Å². The van der Waals surface area contributed by atoms with Crippen LogP contribution in [0.2, 0.25) is 0 Å². The van der Waals surface area contributed by atoms with Crippen LogP contribution in [0, 0.1) is 12.3 Å². The highest BCUT2D eigenvalue weighted by Gasteiger charge is 2.22. The molecule has 0 spiro atoms. The number of imidazole rings is 1. The van der Waals surface area contributed by atoms with E-state index in [2.05, 4.69) is 10.4 Å². The monoisotopic (exact) mass is 454 g/mol. The number of carbonyl (C=O) groups excluding carboxylic acids is 1. The Labute approximate surface area is 197 Å². The number of carboxylic acids is 1. The summed E-state index contributed by atoms with van der Waals surface area (Å²) in [5.74, 6) is -1.03. The minimum Gasteiger partial charge on any atom is -0.478 e. The number of hydrogen-bond acceptors (Lipinski definition) is 4. The molecule has 0 unspecified atom stereocenters. The second kappa shape index (κ2) is 8.94. The van der Waals surface area contributed by atoms with Crippen molar-refractivity contribution in [2.24, 2.45) is 5.41 Å². The molecule has 4 rings (SSSR count). The third kappa shape index (κ3) is 5.04. The van der Waals surface area contributed by atoms with Crippen LogP contribution < -0.4 is 5.32 Å². The van der Waals surface area contributed by atoms with E-state index in [0.717, 1.165) is 45.4 Å². The number of aliphatic carboxylic acids is 1. The third-order valence-corrected chi connectivity index (χ3v) is 5.41. The number of carbonyl (C=O) groups is 2. The van der Waals surface area contributed by atoms with E-state index in [1.807, 2.05) is 88.5 Å². The van der Waals surface area contributed by atoms with Crippen molar-refractivity contribution in [1.82, 2.24) is 14.6 Å². The molecule has 0 bridgehead atoms. The van der Waals surface area contributed by atoms with Gasteiger partial charge in [-0.05, 0) is 42.3 Å². The van der Waals surface area contributed by atoms with E-state index in [9.17, 15) is 9.59 Å². The standard InChI is InChI=1S/C27H26N4O3/c1-17-5-9-20(15-22(17)29-26(34)27(2,3)4)23-16-31-24(28-23)13-12-21(30-31)19-10-6-18(7-11-19)8-14-25(32)33/h5-16H,1-4H3,(H,29,34)(H,32,33). The van der Waals surface area contributed by atoms with Gasteiger partial charge in [0.15, 0.2) is 5.65 Å². The van der Waals surface area contributed by atoms with E-state index in [1.165, 1.54) is 0 Å². The van der Waals surface area contributed by atoms with Gasteiger partial charge in [-0.1, -0.05) is 57.2 Å². The summed E-state index contributed by atoms with van der Waals surface area (Å²) in [7, 11) is 0. The van der Waals surface area contributed by atoms with Crippen LogP contribution in [0.5, 0.6) is 0 Å². The van der Waals surface area contributed by atoms with Gasteiger partial charge in [0.2, 0.25) is 5.91 Å². The molecule has 172 valence electrons. The lowest BCUT2D eigenvalue weighted by Crippen LogP contribution is -2.27. The molecule has 0 saturated carbocycles. The molecule has 7 heteroatoms. The first-order valence-corrected chi connectivity index (χ1v) is 10.9. The van der Waals surface area contributed by atoms with Crippen molar-refractivity contribution in [3.63, 3.8) is 0 Å². The lowest BCUT2D eigenvalue weighted by Gasteiger charge is -2.19. The summed E-state index contributed by atoms with van der Waals surface area (Å²) in [6.45, 7) is 7.61. The molecular weight excluding hydrogens is 428 g/mol. The predicted molar refractivity (Wildman–Crippen MR) is 133 cm³/mol. The maximum Gasteiger partial charge on any atom is 0.328 e. The first-order chi connectivity index (χ1) is 16.1. The van der Waals surface area contributed by atoms with Crippen LogP contribution >= 0.6 is 0 Å². The maximum atomic E-state index is 12.5. The number of rotatable bonds is 5. The summed E-state index contributed by atoms with van der Waals surface area (Å²) in [5.41, 5.74) is 6.08. The van der Waals surface area contributed by atoms with Crippen LogP contribution in [0.1, 0.15) is 31.9 Å². The average Bonchev–Trinajstić information content (AvgIpc) is 3.22. The van der Waals surface area contributed by atoms with Gasteiger partial charge >= 0.3 is 5.97 Å². The highest BCUT2D eigenvalue weighted by molar-refractivity contribution is 5.95. The number of anilines is 1. The Kier molecular flexibility index (Phi) is 6.03. The number of aromatic nitrogens is 3. The topological polar surface area (TPSA) is 96.6 Å². The van der Waals surface area contributed by atoms with Crippen LogP contribution in [0.3, 0.4) is 0 Å². The second-order valence-corrected chi connectivity index (χ2v) is 9.17. The quantitative estimate of drug-likeness (QED) is 0.391. The molecule has 2 aromatic heterocycles. The van der Waals surface area contributed by atoms with Gasteiger partial charge in [-0.3, -0.25) is 4.79 Å². The smallest absolute Gasteiger partial charge is 0.328 e. The summed E-state index contributed by atoms with van der Waals surface area (Å²) in [4.78, 5) is 27.8. The summed E-state index contributed by atoms with van der Waals surface area (Å²) >= 11 is 0. The van der Waals surface area contributed by atoms with Gasteiger partial charge < -0.3 is 10.4 Å². The second-order valence-electron chi connectivity index (χ2n) is 9.17.